The summed E-state index contributed by atoms with van der Waals surface area (Å²) in [5, 5.41) is 0. The summed E-state index contributed by atoms with van der Waals surface area (Å²) in [5.41, 5.74) is 4.61. The van der Waals surface area contributed by atoms with Gasteiger partial charge in [0.2, 0.25) is 5.91 Å². The summed E-state index contributed by atoms with van der Waals surface area (Å²) in [6, 6.07) is 21.3. The van der Waals surface area contributed by atoms with Crippen LogP contribution in [0.2, 0.25) is 0 Å². The largest absolute Gasteiger partial charge is 0.339 e. The van der Waals surface area contributed by atoms with Gasteiger partial charge in [0, 0.05) is 39.3 Å². The van der Waals surface area contributed by atoms with Crippen LogP contribution in [-0.4, -0.2) is 59.9 Å². The van der Waals surface area contributed by atoms with Crippen molar-refractivity contribution >= 4 is 5.91 Å². The predicted molar refractivity (Wildman–Crippen MR) is 128 cm³/mol. The summed E-state index contributed by atoms with van der Waals surface area (Å²) in [5.74, 6) is -0.395. The molecular weight excluding hydrogens is 432 g/mol. The van der Waals surface area contributed by atoms with Crippen LogP contribution in [0.25, 0.3) is 0 Å². The fourth-order valence-electron chi connectivity index (χ4n) is 5.11. The van der Waals surface area contributed by atoms with Crippen molar-refractivity contribution in [2.45, 2.75) is 19.0 Å². The average molecular weight is 462 g/mol. The van der Waals surface area contributed by atoms with E-state index in [1.54, 1.807) is 24.3 Å². The van der Waals surface area contributed by atoms with Gasteiger partial charge in [-0.05, 0) is 52.9 Å². The van der Waals surface area contributed by atoms with Crippen LogP contribution in [0.1, 0.15) is 28.3 Å². The molecule has 3 aromatic carbocycles. The van der Waals surface area contributed by atoms with Gasteiger partial charge in [0.15, 0.2) is 0 Å². The van der Waals surface area contributed by atoms with Crippen LogP contribution < -0.4 is 0 Å². The first-order valence-electron chi connectivity index (χ1n) is 11.9. The van der Waals surface area contributed by atoms with Gasteiger partial charge >= 0.3 is 0 Å². The second kappa shape index (κ2) is 10.0. The molecule has 4 nitrogen and oxygen atoms in total. The topological polar surface area (TPSA) is 26.8 Å². The molecule has 0 atom stereocenters. The molecule has 0 aliphatic carbocycles. The molecule has 5 rings (SSSR count). The maximum atomic E-state index is 13.6. The third-order valence-corrected chi connectivity index (χ3v) is 6.97. The predicted octanol–water partition coefficient (Wildman–Crippen LogP) is 4.26. The van der Waals surface area contributed by atoms with Crippen LogP contribution >= 0.6 is 0 Å². The van der Waals surface area contributed by atoms with E-state index in [0.29, 0.717) is 32.7 Å². The zero-order chi connectivity index (χ0) is 23.5. The van der Waals surface area contributed by atoms with Crippen molar-refractivity contribution in [3.8, 4) is 0 Å². The number of rotatable bonds is 5. The highest BCUT2D eigenvalue weighted by atomic mass is 19.1. The SMILES string of the molecule is O=C(CN1CCc2ccccc2C1)N1CCN(C(c2ccc(F)cc2)c2ccc(F)cc2)CC1. The first-order chi connectivity index (χ1) is 16.6. The molecule has 6 heteroatoms. The molecule has 34 heavy (non-hydrogen) atoms. The van der Waals surface area contributed by atoms with E-state index in [1.807, 2.05) is 4.90 Å². The zero-order valence-electron chi connectivity index (χ0n) is 19.2. The van der Waals surface area contributed by atoms with Gasteiger partial charge in [0.05, 0.1) is 12.6 Å². The number of nitrogens with zero attached hydrogens (tertiary/aromatic N) is 3. The molecule has 2 aliphatic rings. The molecule has 0 spiro atoms. The molecule has 0 bridgehead atoms. The molecule has 176 valence electrons. The number of piperazine rings is 1. The van der Waals surface area contributed by atoms with Gasteiger partial charge < -0.3 is 4.90 Å². The van der Waals surface area contributed by atoms with Crippen molar-refractivity contribution in [1.29, 1.82) is 0 Å². The summed E-state index contributed by atoms with van der Waals surface area (Å²) >= 11 is 0. The molecule has 2 aliphatic heterocycles. The number of benzene rings is 3. The van der Waals surface area contributed by atoms with Crippen LogP contribution in [0, 0.1) is 11.6 Å². The normalized spacial score (nSPS) is 17.1. The van der Waals surface area contributed by atoms with Crippen LogP contribution in [0.5, 0.6) is 0 Å². The maximum absolute atomic E-state index is 13.6. The second-order valence-electron chi connectivity index (χ2n) is 9.15. The highest BCUT2D eigenvalue weighted by Gasteiger charge is 2.29. The number of carbonyl (C=O) groups is 1. The van der Waals surface area contributed by atoms with E-state index in [4.69, 9.17) is 0 Å². The Hall–Kier alpha value is -3.09. The summed E-state index contributed by atoms with van der Waals surface area (Å²) in [4.78, 5) is 19.5. The number of carbonyl (C=O) groups excluding carboxylic acids is 1. The molecule has 0 N–H and O–H groups in total. The van der Waals surface area contributed by atoms with Crippen LogP contribution in [0.3, 0.4) is 0 Å². The fraction of sp³-hybridized carbons (Fsp3) is 0.321. The van der Waals surface area contributed by atoms with Crippen LogP contribution in [0.4, 0.5) is 8.78 Å². The Labute approximate surface area is 199 Å². The number of amides is 1. The van der Waals surface area contributed by atoms with E-state index < -0.39 is 0 Å². The van der Waals surface area contributed by atoms with E-state index in [-0.39, 0.29) is 23.6 Å². The van der Waals surface area contributed by atoms with Gasteiger partial charge in [0.25, 0.3) is 0 Å². The minimum atomic E-state index is -0.280. The monoisotopic (exact) mass is 461 g/mol. The lowest BCUT2D eigenvalue weighted by Crippen LogP contribution is -2.52. The number of hydrogen-bond acceptors (Lipinski definition) is 3. The van der Waals surface area contributed by atoms with E-state index in [1.165, 1.54) is 35.4 Å². The molecule has 1 saturated heterocycles. The molecule has 0 radical (unpaired) electrons. The quantitative estimate of drug-likeness (QED) is 0.568. The Morgan fingerprint density at radius 2 is 1.29 bits per heavy atom. The lowest BCUT2D eigenvalue weighted by molar-refractivity contribution is -0.134. The minimum absolute atomic E-state index is 0.114. The lowest BCUT2D eigenvalue weighted by atomic mass is 9.96. The third kappa shape index (κ3) is 5.03. The van der Waals surface area contributed by atoms with E-state index in [9.17, 15) is 13.6 Å². The van der Waals surface area contributed by atoms with E-state index in [0.717, 1.165) is 30.6 Å². The van der Waals surface area contributed by atoms with Crippen molar-refractivity contribution in [2.24, 2.45) is 0 Å². The summed E-state index contributed by atoms with van der Waals surface area (Å²) in [7, 11) is 0. The maximum Gasteiger partial charge on any atom is 0.236 e. The fourth-order valence-corrected chi connectivity index (χ4v) is 5.11. The van der Waals surface area contributed by atoms with Gasteiger partial charge in [-0.15, -0.1) is 0 Å². The van der Waals surface area contributed by atoms with Crippen molar-refractivity contribution in [3.63, 3.8) is 0 Å². The minimum Gasteiger partial charge on any atom is -0.339 e. The Morgan fingerprint density at radius 1 is 0.735 bits per heavy atom. The Bertz CT molecular complexity index is 1080. The standard InChI is InChI=1S/C28H29F2N3O/c29-25-9-5-22(6-10-25)28(23-7-11-26(30)12-8-23)33-17-15-32(16-18-33)27(34)20-31-14-13-21-3-1-2-4-24(21)19-31/h1-12,28H,13-20H2. The molecule has 1 fully saturated rings. The molecule has 2 heterocycles. The first kappa shape index (κ1) is 22.7. The molecule has 3 aromatic rings. The Kier molecular flexibility index (Phi) is 6.70. The van der Waals surface area contributed by atoms with Crippen LogP contribution in [-0.2, 0) is 17.8 Å². The molecule has 0 unspecified atom stereocenters. The number of fused-ring (bicyclic) bond motifs is 1. The molecule has 0 aromatic heterocycles. The van der Waals surface area contributed by atoms with Gasteiger partial charge in [-0.25, -0.2) is 8.78 Å². The summed E-state index contributed by atoms with van der Waals surface area (Å²) < 4.78 is 27.1. The average Bonchev–Trinajstić information content (AvgIpc) is 2.87. The van der Waals surface area contributed by atoms with Gasteiger partial charge in [-0.3, -0.25) is 14.6 Å². The molecule has 0 saturated carbocycles. The Morgan fingerprint density at radius 3 is 1.88 bits per heavy atom. The van der Waals surface area contributed by atoms with Gasteiger partial charge in [-0.1, -0.05) is 48.5 Å². The van der Waals surface area contributed by atoms with E-state index >= 15 is 0 Å². The highest BCUT2D eigenvalue weighted by molar-refractivity contribution is 5.78. The summed E-state index contributed by atoms with van der Waals surface area (Å²) in [6.45, 7) is 4.85. The van der Waals surface area contributed by atoms with Crippen molar-refractivity contribution in [3.05, 3.63) is 107 Å². The highest BCUT2D eigenvalue weighted by Crippen LogP contribution is 2.30. The van der Waals surface area contributed by atoms with Gasteiger partial charge in [-0.2, -0.15) is 0 Å². The lowest BCUT2D eigenvalue weighted by Gasteiger charge is -2.40. The third-order valence-electron chi connectivity index (χ3n) is 6.97. The van der Waals surface area contributed by atoms with Crippen molar-refractivity contribution in [2.75, 3.05) is 39.3 Å². The van der Waals surface area contributed by atoms with Crippen molar-refractivity contribution in [1.82, 2.24) is 14.7 Å². The van der Waals surface area contributed by atoms with Gasteiger partial charge in [0.1, 0.15) is 11.6 Å². The van der Waals surface area contributed by atoms with E-state index in [2.05, 4.69) is 34.1 Å². The van der Waals surface area contributed by atoms with Crippen molar-refractivity contribution < 1.29 is 13.6 Å². The zero-order valence-corrected chi connectivity index (χ0v) is 19.2. The molecule has 1 amide bonds. The Balaban J connectivity index is 1.24. The first-order valence-corrected chi connectivity index (χ1v) is 11.9. The summed E-state index contributed by atoms with van der Waals surface area (Å²) in [6.07, 6.45) is 0.980. The van der Waals surface area contributed by atoms with Crippen LogP contribution in [0.15, 0.2) is 72.8 Å². The number of hydrogen-bond donors (Lipinski definition) is 0. The second-order valence-corrected chi connectivity index (χ2v) is 9.15. The number of halogens is 2. The smallest absolute Gasteiger partial charge is 0.236 e. The molecular formula is C28H29F2N3O.